The molecule has 1 rings (SSSR count). The molecular weight excluding hydrogens is 198 g/mol. The van der Waals surface area contributed by atoms with Gasteiger partial charge in [0, 0.05) is 6.54 Å². The molecule has 88 valence electrons. The predicted molar refractivity (Wildman–Crippen MR) is 69.9 cm³/mol. The summed E-state index contributed by atoms with van der Waals surface area (Å²) in [6, 6.07) is 6.27. The molecule has 0 aliphatic carbocycles. The van der Waals surface area contributed by atoms with Crippen LogP contribution in [0.2, 0.25) is 0 Å². The minimum Gasteiger partial charge on any atom is -0.496 e. The van der Waals surface area contributed by atoms with Crippen LogP contribution in [0.5, 0.6) is 5.75 Å². The molecule has 1 aromatic carbocycles. The van der Waals surface area contributed by atoms with Crippen molar-refractivity contribution in [2.45, 2.75) is 20.3 Å². The summed E-state index contributed by atoms with van der Waals surface area (Å²) in [4.78, 5) is 0. The molecule has 0 amide bonds. The van der Waals surface area contributed by atoms with E-state index in [1.807, 2.05) is 13.1 Å². The standard InChI is InChI=1S/C14H21NO/c1-5-12(10-15-3)9-13-6-7-14(16-4)11(2)8-13/h6-9,15H,5,10H2,1-4H3. The van der Waals surface area contributed by atoms with Crippen LogP contribution < -0.4 is 10.1 Å². The van der Waals surface area contributed by atoms with Gasteiger partial charge in [-0.3, -0.25) is 0 Å². The lowest BCUT2D eigenvalue weighted by molar-refractivity contribution is 0.411. The monoisotopic (exact) mass is 219 g/mol. The Morgan fingerprint density at radius 1 is 1.44 bits per heavy atom. The number of nitrogens with one attached hydrogen (secondary N) is 1. The van der Waals surface area contributed by atoms with Crippen LogP contribution in [0.15, 0.2) is 23.8 Å². The van der Waals surface area contributed by atoms with Crippen molar-refractivity contribution in [1.29, 1.82) is 0 Å². The number of aryl methyl sites for hydroxylation is 1. The summed E-state index contributed by atoms with van der Waals surface area (Å²) < 4.78 is 5.25. The zero-order chi connectivity index (χ0) is 12.0. The van der Waals surface area contributed by atoms with Crippen molar-refractivity contribution in [2.24, 2.45) is 0 Å². The Labute approximate surface area is 98.3 Å². The van der Waals surface area contributed by atoms with Crippen molar-refractivity contribution >= 4 is 6.08 Å². The van der Waals surface area contributed by atoms with Crippen LogP contribution in [0.4, 0.5) is 0 Å². The van der Waals surface area contributed by atoms with E-state index >= 15 is 0 Å². The maximum atomic E-state index is 5.25. The van der Waals surface area contributed by atoms with E-state index in [0.717, 1.165) is 18.7 Å². The molecule has 16 heavy (non-hydrogen) atoms. The lowest BCUT2D eigenvalue weighted by atomic mass is 10.1. The highest BCUT2D eigenvalue weighted by molar-refractivity contribution is 5.56. The largest absolute Gasteiger partial charge is 0.496 e. The van der Waals surface area contributed by atoms with E-state index in [0.29, 0.717) is 0 Å². The number of methoxy groups -OCH3 is 1. The third kappa shape index (κ3) is 3.38. The van der Waals surface area contributed by atoms with E-state index in [-0.39, 0.29) is 0 Å². The van der Waals surface area contributed by atoms with Crippen LogP contribution in [0.3, 0.4) is 0 Å². The Bertz CT molecular complexity index is 369. The molecular formula is C14H21NO. The molecule has 0 radical (unpaired) electrons. The number of likely N-dealkylation sites (N-methyl/N-ethyl adjacent to an activating group) is 1. The fourth-order valence-electron chi connectivity index (χ4n) is 1.73. The van der Waals surface area contributed by atoms with Gasteiger partial charge >= 0.3 is 0 Å². The summed E-state index contributed by atoms with van der Waals surface area (Å²) in [5, 5.41) is 3.18. The summed E-state index contributed by atoms with van der Waals surface area (Å²) in [5.41, 5.74) is 3.83. The van der Waals surface area contributed by atoms with Crippen LogP contribution in [0.25, 0.3) is 6.08 Å². The van der Waals surface area contributed by atoms with Gasteiger partial charge in [0.15, 0.2) is 0 Å². The van der Waals surface area contributed by atoms with Gasteiger partial charge < -0.3 is 10.1 Å². The van der Waals surface area contributed by atoms with E-state index in [2.05, 4.69) is 37.4 Å². The summed E-state index contributed by atoms with van der Waals surface area (Å²) >= 11 is 0. The fraction of sp³-hybridized carbons (Fsp3) is 0.429. The van der Waals surface area contributed by atoms with Crippen LogP contribution in [-0.4, -0.2) is 20.7 Å². The molecule has 0 atom stereocenters. The highest BCUT2D eigenvalue weighted by atomic mass is 16.5. The Balaban J connectivity index is 2.92. The van der Waals surface area contributed by atoms with E-state index in [1.165, 1.54) is 16.7 Å². The number of hydrogen-bond donors (Lipinski definition) is 1. The third-order valence-corrected chi connectivity index (χ3v) is 2.65. The first-order valence-corrected chi connectivity index (χ1v) is 5.70. The second kappa shape index (κ2) is 6.33. The fourth-order valence-corrected chi connectivity index (χ4v) is 1.73. The van der Waals surface area contributed by atoms with E-state index in [1.54, 1.807) is 7.11 Å². The Hall–Kier alpha value is -1.28. The number of rotatable bonds is 5. The van der Waals surface area contributed by atoms with Crippen LogP contribution in [0, 0.1) is 6.92 Å². The van der Waals surface area contributed by atoms with Crippen LogP contribution >= 0.6 is 0 Å². The molecule has 2 nitrogen and oxygen atoms in total. The topological polar surface area (TPSA) is 21.3 Å². The van der Waals surface area contributed by atoms with Gasteiger partial charge in [0.05, 0.1) is 7.11 Å². The van der Waals surface area contributed by atoms with Crippen LogP contribution in [0.1, 0.15) is 24.5 Å². The van der Waals surface area contributed by atoms with Crippen molar-refractivity contribution in [2.75, 3.05) is 20.7 Å². The number of benzene rings is 1. The Morgan fingerprint density at radius 3 is 2.69 bits per heavy atom. The molecule has 2 heteroatoms. The maximum absolute atomic E-state index is 5.25. The normalized spacial score (nSPS) is 11.6. The van der Waals surface area contributed by atoms with Gasteiger partial charge in [-0.05, 0) is 43.7 Å². The molecule has 1 aromatic rings. The van der Waals surface area contributed by atoms with Crippen molar-refractivity contribution in [3.05, 3.63) is 34.9 Å². The molecule has 0 spiro atoms. The third-order valence-electron chi connectivity index (χ3n) is 2.65. The average molecular weight is 219 g/mol. The van der Waals surface area contributed by atoms with Gasteiger partial charge in [-0.25, -0.2) is 0 Å². The van der Waals surface area contributed by atoms with Crippen molar-refractivity contribution in [3.63, 3.8) is 0 Å². The first-order valence-electron chi connectivity index (χ1n) is 5.70. The minimum atomic E-state index is 0.946. The number of ether oxygens (including phenoxy) is 1. The zero-order valence-electron chi connectivity index (χ0n) is 10.6. The van der Waals surface area contributed by atoms with Gasteiger partial charge in [-0.1, -0.05) is 24.6 Å². The van der Waals surface area contributed by atoms with Gasteiger partial charge in [-0.15, -0.1) is 0 Å². The van der Waals surface area contributed by atoms with Crippen molar-refractivity contribution in [1.82, 2.24) is 5.32 Å². The van der Waals surface area contributed by atoms with E-state index in [4.69, 9.17) is 4.74 Å². The lowest BCUT2D eigenvalue weighted by Crippen LogP contribution is -2.09. The minimum absolute atomic E-state index is 0.946. The first-order chi connectivity index (χ1) is 7.71. The molecule has 0 heterocycles. The summed E-state index contributed by atoms with van der Waals surface area (Å²) in [5.74, 6) is 0.948. The molecule has 0 saturated heterocycles. The molecule has 0 aliphatic rings. The smallest absolute Gasteiger partial charge is 0.121 e. The summed E-state index contributed by atoms with van der Waals surface area (Å²) in [6.07, 6.45) is 3.31. The lowest BCUT2D eigenvalue weighted by Gasteiger charge is -2.07. The van der Waals surface area contributed by atoms with Gasteiger partial charge in [0.1, 0.15) is 5.75 Å². The summed E-state index contributed by atoms with van der Waals surface area (Å²) in [6.45, 7) is 5.20. The highest BCUT2D eigenvalue weighted by Crippen LogP contribution is 2.20. The van der Waals surface area contributed by atoms with Crippen LogP contribution in [-0.2, 0) is 0 Å². The molecule has 0 bridgehead atoms. The Kier molecular flexibility index (Phi) is 5.06. The molecule has 0 fully saturated rings. The van der Waals surface area contributed by atoms with Crippen molar-refractivity contribution in [3.8, 4) is 5.75 Å². The second-order valence-electron chi connectivity index (χ2n) is 3.92. The van der Waals surface area contributed by atoms with Crippen molar-refractivity contribution < 1.29 is 4.74 Å². The molecule has 0 unspecified atom stereocenters. The SMILES string of the molecule is CCC(=Cc1ccc(OC)c(C)c1)CNC. The highest BCUT2D eigenvalue weighted by Gasteiger charge is 1.99. The zero-order valence-corrected chi connectivity index (χ0v) is 10.6. The predicted octanol–water partition coefficient (Wildman–Crippen LogP) is 3.02. The Morgan fingerprint density at radius 2 is 2.19 bits per heavy atom. The van der Waals surface area contributed by atoms with E-state index < -0.39 is 0 Å². The average Bonchev–Trinajstić information content (AvgIpc) is 2.28. The molecule has 1 N–H and O–H groups in total. The van der Waals surface area contributed by atoms with Gasteiger partial charge in [0.25, 0.3) is 0 Å². The van der Waals surface area contributed by atoms with E-state index in [9.17, 15) is 0 Å². The van der Waals surface area contributed by atoms with Gasteiger partial charge in [0.2, 0.25) is 0 Å². The quantitative estimate of drug-likeness (QED) is 0.822. The van der Waals surface area contributed by atoms with Gasteiger partial charge in [-0.2, -0.15) is 0 Å². The molecule has 0 aliphatic heterocycles. The molecule has 0 aromatic heterocycles. The maximum Gasteiger partial charge on any atom is 0.121 e. The molecule has 0 saturated carbocycles. The second-order valence-corrected chi connectivity index (χ2v) is 3.92. The number of hydrogen-bond acceptors (Lipinski definition) is 2. The summed E-state index contributed by atoms with van der Waals surface area (Å²) in [7, 11) is 3.68. The first kappa shape index (κ1) is 12.8.